The first-order chi connectivity index (χ1) is 9.80. The highest BCUT2D eigenvalue weighted by Crippen LogP contribution is 2.29. The Balaban J connectivity index is 2.00. The van der Waals surface area contributed by atoms with E-state index in [1.165, 1.54) is 0 Å². The maximum Gasteiger partial charge on any atom is 0.416 e. The predicted molar refractivity (Wildman–Crippen MR) is 69.6 cm³/mol. The van der Waals surface area contributed by atoms with Crippen molar-refractivity contribution in [3.05, 3.63) is 29.6 Å². The molecule has 0 atom stereocenters. The molecular formula is C14H17F3N2O2. The lowest BCUT2D eigenvalue weighted by Gasteiger charge is -2.32. The van der Waals surface area contributed by atoms with Crippen molar-refractivity contribution in [3.8, 4) is 0 Å². The molecule has 1 amide bonds. The number of halogens is 3. The molecule has 0 spiro atoms. The van der Waals surface area contributed by atoms with Gasteiger partial charge in [-0.25, -0.2) is 0 Å². The van der Waals surface area contributed by atoms with Gasteiger partial charge in [0.15, 0.2) is 0 Å². The minimum absolute atomic E-state index is 0.0315. The summed E-state index contributed by atoms with van der Waals surface area (Å²) in [5.41, 5.74) is -2.18. The van der Waals surface area contributed by atoms with E-state index in [0.717, 1.165) is 31.5 Å². The number of alkyl halides is 3. The first kappa shape index (κ1) is 15.8. The van der Waals surface area contributed by atoms with E-state index in [4.69, 9.17) is 0 Å². The second-order valence-corrected chi connectivity index (χ2v) is 5.40. The Kier molecular flexibility index (Phi) is 4.51. The van der Waals surface area contributed by atoms with E-state index in [9.17, 15) is 23.1 Å². The van der Waals surface area contributed by atoms with Gasteiger partial charge in [-0.1, -0.05) is 19.3 Å². The molecule has 2 rings (SSSR count). The van der Waals surface area contributed by atoms with Crippen LogP contribution in [0.2, 0.25) is 0 Å². The van der Waals surface area contributed by atoms with Crippen LogP contribution in [0, 0.1) is 0 Å². The van der Waals surface area contributed by atoms with Gasteiger partial charge in [0.2, 0.25) is 0 Å². The molecule has 0 aromatic carbocycles. The van der Waals surface area contributed by atoms with Crippen LogP contribution >= 0.6 is 0 Å². The van der Waals surface area contributed by atoms with Crippen LogP contribution in [0.4, 0.5) is 13.2 Å². The molecule has 4 nitrogen and oxygen atoms in total. The minimum Gasteiger partial charge on any atom is -0.388 e. The summed E-state index contributed by atoms with van der Waals surface area (Å²) >= 11 is 0. The number of hydrogen-bond acceptors (Lipinski definition) is 3. The summed E-state index contributed by atoms with van der Waals surface area (Å²) in [6, 6.07) is 1.52. The van der Waals surface area contributed by atoms with Crippen molar-refractivity contribution in [2.24, 2.45) is 0 Å². The first-order valence-corrected chi connectivity index (χ1v) is 6.84. The van der Waals surface area contributed by atoms with Crippen LogP contribution in [0.25, 0.3) is 0 Å². The maximum absolute atomic E-state index is 12.6. The number of aliphatic hydroxyl groups is 1. The van der Waals surface area contributed by atoms with Crippen molar-refractivity contribution < 1.29 is 23.1 Å². The fraction of sp³-hybridized carbons (Fsp3) is 0.571. The molecule has 21 heavy (non-hydrogen) atoms. The van der Waals surface area contributed by atoms with Crippen LogP contribution < -0.4 is 5.32 Å². The third kappa shape index (κ3) is 4.17. The third-order valence-corrected chi connectivity index (χ3v) is 3.68. The normalized spacial score (nSPS) is 18.3. The summed E-state index contributed by atoms with van der Waals surface area (Å²) in [5.74, 6) is -0.708. The number of carbonyl (C=O) groups excluding carboxylic acids is 1. The van der Waals surface area contributed by atoms with Gasteiger partial charge in [-0.2, -0.15) is 13.2 Å². The molecule has 1 saturated carbocycles. The van der Waals surface area contributed by atoms with Crippen molar-refractivity contribution in [2.75, 3.05) is 6.54 Å². The molecule has 0 unspecified atom stereocenters. The number of aromatic nitrogens is 1. The Labute approximate surface area is 120 Å². The van der Waals surface area contributed by atoms with Crippen LogP contribution in [-0.4, -0.2) is 28.1 Å². The average molecular weight is 302 g/mol. The Hall–Kier alpha value is -1.63. The lowest BCUT2D eigenvalue weighted by atomic mass is 9.85. The number of amides is 1. The average Bonchev–Trinajstić information content (AvgIpc) is 2.45. The number of rotatable bonds is 3. The Morgan fingerprint density at radius 2 is 2.00 bits per heavy atom. The van der Waals surface area contributed by atoms with Gasteiger partial charge in [0.05, 0.1) is 11.2 Å². The van der Waals surface area contributed by atoms with Gasteiger partial charge in [0.1, 0.15) is 5.69 Å². The Morgan fingerprint density at radius 3 is 2.62 bits per heavy atom. The smallest absolute Gasteiger partial charge is 0.388 e. The highest BCUT2D eigenvalue weighted by molar-refractivity contribution is 5.92. The van der Waals surface area contributed by atoms with E-state index in [1.54, 1.807) is 0 Å². The lowest BCUT2D eigenvalue weighted by Crippen LogP contribution is -2.44. The molecule has 1 fully saturated rings. The molecule has 7 heteroatoms. The summed E-state index contributed by atoms with van der Waals surface area (Å²) in [6.07, 6.45) is 0.424. The van der Waals surface area contributed by atoms with Crippen molar-refractivity contribution in [3.63, 3.8) is 0 Å². The van der Waals surface area contributed by atoms with E-state index in [0.29, 0.717) is 18.9 Å². The fourth-order valence-corrected chi connectivity index (χ4v) is 2.45. The Morgan fingerprint density at radius 1 is 1.33 bits per heavy atom. The van der Waals surface area contributed by atoms with E-state index in [2.05, 4.69) is 10.3 Å². The standard InChI is InChI=1S/C14H17F3N2O2/c15-14(16,17)10-4-7-18-11(8-10)12(20)19-9-13(21)5-2-1-3-6-13/h4,7-8,21H,1-3,5-6,9H2,(H,19,20). The van der Waals surface area contributed by atoms with Gasteiger partial charge in [0.25, 0.3) is 5.91 Å². The highest BCUT2D eigenvalue weighted by atomic mass is 19.4. The molecule has 1 aromatic heterocycles. The van der Waals surface area contributed by atoms with Crippen molar-refractivity contribution in [1.82, 2.24) is 10.3 Å². The number of nitrogens with one attached hydrogen (secondary N) is 1. The molecule has 1 aliphatic rings. The molecule has 1 aliphatic carbocycles. The van der Waals surface area contributed by atoms with Crippen molar-refractivity contribution >= 4 is 5.91 Å². The third-order valence-electron chi connectivity index (χ3n) is 3.68. The number of hydrogen-bond donors (Lipinski definition) is 2. The summed E-state index contributed by atoms with van der Waals surface area (Å²) < 4.78 is 37.7. The van der Waals surface area contributed by atoms with Gasteiger partial charge in [0, 0.05) is 12.7 Å². The summed E-state index contributed by atoms with van der Waals surface area (Å²) in [5, 5.41) is 12.7. The number of pyridine rings is 1. The lowest BCUT2D eigenvalue weighted by molar-refractivity contribution is -0.137. The summed E-state index contributed by atoms with van der Waals surface area (Å²) in [7, 11) is 0. The SMILES string of the molecule is O=C(NCC1(O)CCCCC1)c1cc(C(F)(F)F)ccn1. The second kappa shape index (κ2) is 6.01. The first-order valence-electron chi connectivity index (χ1n) is 6.84. The summed E-state index contributed by atoms with van der Waals surface area (Å²) in [6.45, 7) is 0.0315. The van der Waals surface area contributed by atoms with Crippen molar-refractivity contribution in [1.29, 1.82) is 0 Å². The van der Waals surface area contributed by atoms with Gasteiger partial charge in [-0.05, 0) is 25.0 Å². The molecule has 116 valence electrons. The van der Waals surface area contributed by atoms with Crippen LogP contribution in [0.5, 0.6) is 0 Å². The molecule has 1 aromatic rings. The maximum atomic E-state index is 12.6. The monoisotopic (exact) mass is 302 g/mol. The Bertz CT molecular complexity index is 511. The second-order valence-electron chi connectivity index (χ2n) is 5.40. The van der Waals surface area contributed by atoms with E-state index >= 15 is 0 Å². The molecule has 0 bridgehead atoms. The highest BCUT2D eigenvalue weighted by Gasteiger charge is 2.32. The zero-order valence-electron chi connectivity index (χ0n) is 11.4. The van der Waals surface area contributed by atoms with Crippen LogP contribution in [0.3, 0.4) is 0 Å². The minimum atomic E-state index is -4.51. The van der Waals surface area contributed by atoms with Gasteiger partial charge in [-0.3, -0.25) is 9.78 Å². The quantitative estimate of drug-likeness (QED) is 0.902. The van der Waals surface area contributed by atoms with E-state index in [1.807, 2.05) is 0 Å². The predicted octanol–water partition coefficient (Wildman–Crippen LogP) is 2.53. The number of nitrogens with zero attached hydrogens (tertiary/aromatic N) is 1. The molecule has 1 heterocycles. The molecule has 0 aliphatic heterocycles. The largest absolute Gasteiger partial charge is 0.416 e. The molecule has 0 saturated heterocycles. The summed E-state index contributed by atoms with van der Waals surface area (Å²) in [4.78, 5) is 15.5. The zero-order chi connectivity index (χ0) is 15.5. The van der Waals surface area contributed by atoms with Gasteiger partial charge in [-0.15, -0.1) is 0 Å². The van der Waals surface area contributed by atoms with Gasteiger partial charge >= 0.3 is 6.18 Å². The van der Waals surface area contributed by atoms with Crippen molar-refractivity contribution in [2.45, 2.75) is 43.9 Å². The number of carbonyl (C=O) groups is 1. The molecule has 2 N–H and O–H groups in total. The van der Waals surface area contributed by atoms with Gasteiger partial charge < -0.3 is 10.4 Å². The fourth-order valence-electron chi connectivity index (χ4n) is 2.45. The van der Waals surface area contributed by atoms with Crippen LogP contribution in [0.15, 0.2) is 18.3 Å². The zero-order valence-corrected chi connectivity index (χ0v) is 11.4. The van der Waals surface area contributed by atoms with E-state index < -0.39 is 23.2 Å². The van der Waals surface area contributed by atoms with Crippen LogP contribution in [0.1, 0.15) is 48.2 Å². The van der Waals surface area contributed by atoms with E-state index in [-0.39, 0.29) is 12.2 Å². The molecular weight excluding hydrogens is 285 g/mol. The molecule has 0 radical (unpaired) electrons. The topological polar surface area (TPSA) is 62.2 Å². The van der Waals surface area contributed by atoms with Crippen LogP contribution in [-0.2, 0) is 6.18 Å².